The monoisotopic (exact) mass is 303 g/mol. The largest absolute Gasteiger partial charge is 0.464 e. The Morgan fingerprint density at radius 3 is 2.21 bits per heavy atom. The second-order valence-electron chi connectivity index (χ2n) is 3.47. The van der Waals surface area contributed by atoms with Crippen molar-refractivity contribution in [1.82, 2.24) is 0 Å². The van der Waals surface area contributed by atoms with Crippen LogP contribution in [0.5, 0.6) is 0 Å². The van der Waals surface area contributed by atoms with E-state index in [1.54, 1.807) is 0 Å². The summed E-state index contributed by atoms with van der Waals surface area (Å²) in [7, 11) is -9.43. The Labute approximate surface area is 109 Å². The van der Waals surface area contributed by atoms with Gasteiger partial charge < -0.3 is 4.42 Å². The average molecular weight is 303 g/mol. The summed E-state index contributed by atoms with van der Waals surface area (Å²) in [6, 6.07) is 6.78. The van der Waals surface area contributed by atoms with Gasteiger partial charge in [0.1, 0.15) is 15.6 Å². The average Bonchev–Trinajstić information content (AvgIpc) is 2.78. The predicted octanol–water partition coefficient (Wildman–Crippen LogP) is 1.24. The van der Waals surface area contributed by atoms with Crippen molar-refractivity contribution in [1.29, 1.82) is 0 Å². The Hall–Kier alpha value is -1.68. The molecule has 0 aliphatic rings. The Morgan fingerprint density at radius 1 is 1.05 bits per heavy atom. The van der Waals surface area contributed by atoms with Crippen LogP contribution in [0.3, 0.4) is 0 Å². The second kappa shape index (κ2) is 4.46. The Balaban J connectivity index is 2.94. The molecule has 1 radical (unpaired) electrons. The molecule has 0 aliphatic carbocycles. The van der Waals surface area contributed by atoms with Gasteiger partial charge in [-0.05, 0) is 18.2 Å². The first-order valence-corrected chi connectivity index (χ1v) is 7.63. The highest BCUT2D eigenvalue weighted by atomic mass is 32.2. The number of benzene rings is 1. The van der Waals surface area contributed by atoms with Crippen LogP contribution in [0.1, 0.15) is 0 Å². The van der Waals surface area contributed by atoms with E-state index in [4.69, 9.17) is 13.5 Å². The van der Waals surface area contributed by atoms with Gasteiger partial charge in [0.25, 0.3) is 20.2 Å². The molecule has 0 bridgehead atoms. The molecule has 2 N–H and O–H groups in total. The van der Waals surface area contributed by atoms with Crippen LogP contribution in [0.15, 0.2) is 44.7 Å². The Kier molecular flexibility index (Phi) is 3.22. The van der Waals surface area contributed by atoms with Crippen molar-refractivity contribution >= 4 is 20.2 Å². The summed E-state index contributed by atoms with van der Waals surface area (Å²) < 4.78 is 68.1. The Bertz CT molecular complexity index is 751. The lowest BCUT2D eigenvalue weighted by Gasteiger charge is -2.08. The first kappa shape index (κ1) is 13.7. The quantitative estimate of drug-likeness (QED) is 0.818. The van der Waals surface area contributed by atoms with E-state index >= 15 is 0 Å². The van der Waals surface area contributed by atoms with E-state index in [2.05, 4.69) is 6.07 Å². The van der Waals surface area contributed by atoms with E-state index in [1.165, 1.54) is 18.4 Å². The van der Waals surface area contributed by atoms with Crippen molar-refractivity contribution in [3.8, 4) is 11.3 Å². The van der Waals surface area contributed by atoms with E-state index in [0.29, 0.717) is 0 Å². The molecule has 2 rings (SSSR count). The van der Waals surface area contributed by atoms with E-state index in [0.717, 1.165) is 12.1 Å². The lowest BCUT2D eigenvalue weighted by atomic mass is 10.2. The topological polar surface area (TPSA) is 122 Å². The number of hydrogen-bond donors (Lipinski definition) is 2. The zero-order chi connectivity index (χ0) is 14.3. The van der Waals surface area contributed by atoms with Crippen LogP contribution in [0.2, 0.25) is 0 Å². The summed E-state index contributed by atoms with van der Waals surface area (Å²) >= 11 is 0. The first-order chi connectivity index (χ1) is 8.71. The SMILES string of the molecule is O=S(=O)(O)c1[c]ccc(S(=O)(=O)O)c1-c1ccco1. The maximum Gasteiger partial charge on any atom is 0.295 e. The highest BCUT2D eigenvalue weighted by Crippen LogP contribution is 2.33. The van der Waals surface area contributed by atoms with Crippen LogP contribution < -0.4 is 0 Å². The van der Waals surface area contributed by atoms with Crippen molar-refractivity contribution in [3.05, 3.63) is 36.6 Å². The molecule has 0 saturated heterocycles. The summed E-state index contributed by atoms with van der Waals surface area (Å²) in [6.45, 7) is 0. The number of hydrogen-bond acceptors (Lipinski definition) is 5. The van der Waals surface area contributed by atoms with Gasteiger partial charge in [0, 0.05) is 6.07 Å². The van der Waals surface area contributed by atoms with Gasteiger partial charge in [-0.25, -0.2) is 0 Å². The van der Waals surface area contributed by atoms with Crippen molar-refractivity contribution in [2.75, 3.05) is 0 Å². The third kappa shape index (κ3) is 2.68. The molecule has 0 saturated carbocycles. The smallest absolute Gasteiger partial charge is 0.295 e. The van der Waals surface area contributed by atoms with E-state index < -0.39 is 35.6 Å². The molecule has 7 nitrogen and oxygen atoms in total. The molecule has 1 aromatic carbocycles. The van der Waals surface area contributed by atoms with Crippen molar-refractivity contribution in [2.24, 2.45) is 0 Å². The summed E-state index contributed by atoms with van der Waals surface area (Å²) in [6.07, 6.45) is 1.18. The minimum absolute atomic E-state index is 0.142. The second-order valence-corrected chi connectivity index (χ2v) is 6.22. The van der Waals surface area contributed by atoms with E-state index in [1.807, 2.05) is 0 Å². The van der Waals surface area contributed by atoms with Crippen molar-refractivity contribution in [3.63, 3.8) is 0 Å². The van der Waals surface area contributed by atoms with Crippen LogP contribution in [-0.4, -0.2) is 25.9 Å². The first-order valence-electron chi connectivity index (χ1n) is 4.75. The molecule has 0 atom stereocenters. The fourth-order valence-corrected chi connectivity index (χ4v) is 2.98. The molecule has 9 heteroatoms. The van der Waals surface area contributed by atoms with Crippen LogP contribution in [0, 0.1) is 6.07 Å². The summed E-state index contributed by atoms with van der Waals surface area (Å²) in [5.41, 5.74) is -0.475. The highest BCUT2D eigenvalue weighted by Gasteiger charge is 2.26. The van der Waals surface area contributed by atoms with Crippen LogP contribution >= 0.6 is 0 Å². The molecule has 0 amide bonds. The predicted molar refractivity (Wildman–Crippen MR) is 62.6 cm³/mol. The zero-order valence-corrected chi connectivity index (χ0v) is 10.8. The molecule has 19 heavy (non-hydrogen) atoms. The molecule has 101 valence electrons. The lowest BCUT2D eigenvalue weighted by Crippen LogP contribution is -2.07. The van der Waals surface area contributed by atoms with Crippen LogP contribution in [0.25, 0.3) is 11.3 Å². The Morgan fingerprint density at radius 2 is 1.74 bits per heavy atom. The van der Waals surface area contributed by atoms with Gasteiger partial charge >= 0.3 is 0 Å². The molecular weight excluding hydrogens is 296 g/mol. The summed E-state index contributed by atoms with van der Waals surface area (Å²) in [5, 5.41) is 0. The molecule has 0 aliphatic heterocycles. The van der Waals surface area contributed by atoms with Crippen LogP contribution in [0.4, 0.5) is 0 Å². The molecule has 0 unspecified atom stereocenters. The van der Waals surface area contributed by atoms with E-state index in [9.17, 15) is 16.8 Å². The molecule has 0 spiro atoms. The summed E-state index contributed by atoms with van der Waals surface area (Å²) in [5.74, 6) is -0.142. The van der Waals surface area contributed by atoms with Crippen molar-refractivity contribution < 1.29 is 30.4 Å². The van der Waals surface area contributed by atoms with E-state index in [-0.39, 0.29) is 5.76 Å². The lowest BCUT2D eigenvalue weighted by molar-refractivity contribution is 0.480. The molecule has 0 fully saturated rings. The molecule has 1 aromatic heterocycles. The number of rotatable bonds is 3. The maximum atomic E-state index is 11.3. The normalized spacial score (nSPS) is 12.5. The van der Waals surface area contributed by atoms with Gasteiger partial charge in [-0.2, -0.15) is 16.8 Å². The fourth-order valence-electron chi connectivity index (χ4n) is 1.53. The summed E-state index contributed by atoms with van der Waals surface area (Å²) in [4.78, 5) is -1.49. The fraction of sp³-hybridized carbons (Fsp3) is 0. The molecule has 2 aromatic rings. The standard InChI is InChI=1S/C10H7O7S2/c11-18(12,13)8-4-1-5-9(19(14,15)16)10(8)7-3-2-6-17-7/h1-4,6H,(H,11,12,13)(H,14,15,16). The molecule has 1 heterocycles. The third-order valence-electron chi connectivity index (χ3n) is 2.23. The minimum Gasteiger partial charge on any atom is -0.464 e. The molecular formula is C10H7O7S2. The third-order valence-corrected chi connectivity index (χ3v) is 3.96. The van der Waals surface area contributed by atoms with Gasteiger partial charge in [-0.15, -0.1) is 0 Å². The van der Waals surface area contributed by atoms with Gasteiger partial charge in [0.2, 0.25) is 0 Å². The van der Waals surface area contributed by atoms with Gasteiger partial charge in [0.15, 0.2) is 0 Å². The zero-order valence-electron chi connectivity index (χ0n) is 9.14. The van der Waals surface area contributed by atoms with Crippen molar-refractivity contribution in [2.45, 2.75) is 9.79 Å². The van der Waals surface area contributed by atoms with Gasteiger partial charge in [-0.1, -0.05) is 6.07 Å². The highest BCUT2D eigenvalue weighted by molar-refractivity contribution is 7.87. The minimum atomic E-state index is -4.73. The number of furan rings is 1. The maximum absolute atomic E-state index is 11.3. The van der Waals surface area contributed by atoms with Crippen LogP contribution in [-0.2, 0) is 20.2 Å². The van der Waals surface area contributed by atoms with Gasteiger partial charge in [-0.3, -0.25) is 9.11 Å². The van der Waals surface area contributed by atoms with Gasteiger partial charge in [0.05, 0.1) is 11.8 Å².